The first kappa shape index (κ1) is 10.2. The molecule has 0 saturated heterocycles. The zero-order chi connectivity index (χ0) is 10.1. The van der Waals surface area contributed by atoms with Gasteiger partial charge in [-0.1, -0.05) is 11.6 Å². The third-order valence-corrected chi connectivity index (χ3v) is 2.56. The van der Waals surface area contributed by atoms with Crippen LogP contribution >= 0.6 is 11.6 Å². The maximum Gasteiger partial charge on any atom is 0.181 e. The maximum absolute atomic E-state index is 11.1. The molecule has 1 aromatic heterocycles. The molecule has 0 unspecified atom stereocenters. The van der Waals surface area contributed by atoms with Gasteiger partial charge < -0.3 is 5.43 Å². The lowest BCUT2D eigenvalue weighted by molar-refractivity contribution is 0.601. The molecule has 0 radical (unpaired) electrons. The average Bonchev–Trinajstić information content (AvgIpc) is 2.03. The molecule has 0 aromatic carbocycles. The van der Waals surface area contributed by atoms with Crippen molar-refractivity contribution in [1.29, 1.82) is 0 Å². The van der Waals surface area contributed by atoms with E-state index in [0.717, 1.165) is 6.26 Å². The third kappa shape index (κ3) is 2.27. The number of nitrogens with zero attached hydrogens (tertiary/aromatic N) is 2. The van der Waals surface area contributed by atoms with Crippen molar-refractivity contribution in [3.05, 3.63) is 11.2 Å². The Morgan fingerprint density at radius 3 is 2.62 bits per heavy atom. The Kier molecular flexibility index (Phi) is 2.69. The second kappa shape index (κ2) is 3.44. The van der Waals surface area contributed by atoms with Crippen LogP contribution in [-0.4, -0.2) is 24.9 Å². The Labute approximate surface area is 80.0 Å². The van der Waals surface area contributed by atoms with Gasteiger partial charge >= 0.3 is 0 Å². The summed E-state index contributed by atoms with van der Waals surface area (Å²) in [5.74, 6) is 5.02. The summed E-state index contributed by atoms with van der Waals surface area (Å²) < 4.78 is 22.3. The van der Waals surface area contributed by atoms with E-state index in [-0.39, 0.29) is 15.9 Å². The number of hydrazine groups is 1. The minimum Gasteiger partial charge on any atom is -0.306 e. The number of rotatable bonds is 2. The second-order valence-electron chi connectivity index (χ2n) is 2.30. The van der Waals surface area contributed by atoms with Crippen LogP contribution in [0.15, 0.2) is 11.0 Å². The van der Waals surface area contributed by atoms with E-state index < -0.39 is 9.84 Å². The van der Waals surface area contributed by atoms with Crippen LogP contribution < -0.4 is 11.3 Å². The van der Waals surface area contributed by atoms with Crippen LogP contribution in [0.5, 0.6) is 0 Å². The van der Waals surface area contributed by atoms with Crippen LogP contribution in [0, 0.1) is 0 Å². The summed E-state index contributed by atoms with van der Waals surface area (Å²) in [6.07, 6.45) is 1.03. The fraction of sp³-hybridized carbons (Fsp3) is 0.200. The van der Waals surface area contributed by atoms with E-state index in [1.165, 1.54) is 6.07 Å². The standard InChI is InChI=1S/C5H7ClN4O2S/c1-13(11,12)3-2-4(6)9-10-5(3)8-7/h2H,7H2,1H3,(H,8,10). The van der Waals surface area contributed by atoms with E-state index in [1.54, 1.807) is 0 Å². The first-order valence-corrected chi connectivity index (χ1v) is 5.42. The average molecular weight is 223 g/mol. The summed E-state index contributed by atoms with van der Waals surface area (Å²) in [5.41, 5.74) is 2.12. The Balaban J connectivity index is 3.41. The molecule has 1 aromatic rings. The summed E-state index contributed by atoms with van der Waals surface area (Å²) in [5, 5.41) is 6.90. The van der Waals surface area contributed by atoms with Crippen molar-refractivity contribution in [1.82, 2.24) is 10.2 Å². The molecule has 1 heterocycles. The summed E-state index contributed by atoms with van der Waals surface area (Å²) in [7, 11) is -3.40. The zero-order valence-electron chi connectivity index (χ0n) is 6.65. The van der Waals surface area contributed by atoms with Crippen LogP contribution in [-0.2, 0) is 9.84 Å². The summed E-state index contributed by atoms with van der Waals surface area (Å²) in [6.45, 7) is 0. The highest BCUT2D eigenvalue weighted by Gasteiger charge is 2.15. The Bertz CT molecular complexity index is 419. The van der Waals surface area contributed by atoms with E-state index in [1.807, 2.05) is 0 Å². The predicted octanol–water partition coefficient (Wildman–Crippen LogP) is -0.181. The lowest BCUT2D eigenvalue weighted by Gasteiger charge is -2.04. The fourth-order valence-corrected chi connectivity index (χ4v) is 1.72. The third-order valence-electron chi connectivity index (χ3n) is 1.27. The van der Waals surface area contributed by atoms with Gasteiger partial charge in [-0.3, -0.25) is 0 Å². The Morgan fingerprint density at radius 1 is 1.54 bits per heavy atom. The number of sulfone groups is 1. The molecule has 0 aliphatic rings. The van der Waals surface area contributed by atoms with Crippen LogP contribution in [0.3, 0.4) is 0 Å². The molecule has 0 fully saturated rings. The van der Waals surface area contributed by atoms with Crippen molar-refractivity contribution in [3.63, 3.8) is 0 Å². The monoisotopic (exact) mass is 222 g/mol. The fourth-order valence-electron chi connectivity index (χ4n) is 0.735. The minimum atomic E-state index is -3.40. The number of nitrogens with two attached hydrogens (primary N) is 1. The van der Waals surface area contributed by atoms with E-state index in [2.05, 4.69) is 15.6 Å². The summed E-state index contributed by atoms with van der Waals surface area (Å²) in [4.78, 5) is -0.0741. The molecule has 0 amide bonds. The molecule has 0 spiro atoms. The topological polar surface area (TPSA) is 98.0 Å². The van der Waals surface area contributed by atoms with Gasteiger partial charge in [-0.25, -0.2) is 14.3 Å². The van der Waals surface area contributed by atoms with Crippen LogP contribution in [0.1, 0.15) is 0 Å². The van der Waals surface area contributed by atoms with Crippen molar-refractivity contribution < 1.29 is 8.42 Å². The molecule has 0 saturated carbocycles. The quantitative estimate of drug-likeness (QED) is 0.532. The predicted molar refractivity (Wildman–Crippen MR) is 48.0 cm³/mol. The highest BCUT2D eigenvalue weighted by molar-refractivity contribution is 7.90. The van der Waals surface area contributed by atoms with E-state index in [4.69, 9.17) is 17.4 Å². The van der Waals surface area contributed by atoms with Crippen molar-refractivity contribution in [3.8, 4) is 0 Å². The summed E-state index contributed by atoms with van der Waals surface area (Å²) >= 11 is 5.47. The molecule has 72 valence electrons. The molecule has 1 rings (SSSR count). The largest absolute Gasteiger partial charge is 0.306 e. The highest BCUT2D eigenvalue weighted by Crippen LogP contribution is 2.19. The number of hydrogen-bond donors (Lipinski definition) is 2. The van der Waals surface area contributed by atoms with Crippen molar-refractivity contribution in [2.75, 3.05) is 11.7 Å². The van der Waals surface area contributed by atoms with Gasteiger partial charge in [-0.15, -0.1) is 10.2 Å². The number of halogens is 1. The first-order chi connectivity index (χ1) is 5.95. The molecule has 8 heteroatoms. The molecule has 0 atom stereocenters. The van der Waals surface area contributed by atoms with E-state index in [9.17, 15) is 8.42 Å². The van der Waals surface area contributed by atoms with Gasteiger partial charge in [0, 0.05) is 6.26 Å². The van der Waals surface area contributed by atoms with Gasteiger partial charge in [-0.2, -0.15) is 0 Å². The lowest BCUT2D eigenvalue weighted by atomic mass is 10.5. The van der Waals surface area contributed by atoms with Crippen LogP contribution in [0.2, 0.25) is 5.15 Å². The normalized spacial score (nSPS) is 11.3. The number of nitrogens with one attached hydrogen (secondary N) is 1. The lowest BCUT2D eigenvalue weighted by Crippen LogP contribution is -2.14. The molecular formula is C5H7ClN4O2S. The number of aromatic nitrogens is 2. The Morgan fingerprint density at radius 2 is 2.15 bits per heavy atom. The molecule has 0 aliphatic heterocycles. The number of anilines is 1. The SMILES string of the molecule is CS(=O)(=O)c1cc(Cl)nnc1NN. The maximum atomic E-state index is 11.1. The number of hydrogen-bond acceptors (Lipinski definition) is 6. The van der Waals surface area contributed by atoms with Gasteiger partial charge in [0.15, 0.2) is 20.8 Å². The van der Waals surface area contributed by atoms with Gasteiger partial charge in [0.25, 0.3) is 0 Å². The molecule has 0 aliphatic carbocycles. The summed E-state index contributed by atoms with van der Waals surface area (Å²) in [6, 6.07) is 1.18. The molecule has 0 bridgehead atoms. The molecule has 6 nitrogen and oxygen atoms in total. The second-order valence-corrected chi connectivity index (χ2v) is 4.67. The van der Waals surface area contributed by atoms with Gasteiger partial charge in [0.1, 0.15) is 4.90 Å². The number of nitrogen functional groups attached to an aromatic ring is 1. The van der Waals surface area contributed by atoms with Gasteiger partial charge in [0.05, 0.1) is 0 Å². The van der Waals surface area contributed by atoms with E-state index in [0.29, 0.717) is 0 Å². The molecule has 3 N–H and O–H groups in total. The zero-order valence-corrected chi connectivity index (χ0v) is 8.22. The van der Waals surface area contributed by atoms with Crippen LogP contribution in [0.25, 0.3) is 0 Å². The van der Waals surface area contributed by atoms with Crippen molar-refractivity contribution in [2.24, 2.45) is 5.84 Å². The molecule has 13 heavy (non-hydrogen) atoms. The van der Waals surface area contributed by atoms with Crippen LogP contribution in [0.4, 0.5) is 5.82 Å². The van der Waals surface area contributed by atoms with E-state index >= 15 is 0 Å². The minimum absolute atomic E-state index is 0.000532. The van der Waals surface area contributed by atoms with Gasteiger partial charge in [0.2, 0.25) is 0 Å². The molecular weight excluding hydrogens is 216 g/mol. The smallest absolute Gasteiger partial charge is 0.181 e. The highest BCUT2D eigenvalue weighted by atomic mass is 35.5. The van der Waals surface area contributed by atoms with Crippen molar-refractivity contribution >= 4 is 27.3 Å². The van der Waals surface area contributed by atoms with Crippen molar-refractivity contribution in [2.45, 2.75) is 4.90 Å². The first-order valence-electron chi connectivity index (χ1n) is 3.15. The Hall–Kier alpha value is -0.920. The van der Waals surface area contributed by atoms with Gasteiger partial charge in [-0.05, 0) is 6.07 Å².